The van der Waals surface area contributed by atoms with Crippen LogP contribution in [0.25, 0.3) is 21.9 Å². The number of nitrogens with two attached hydrogens (primary N) is 1. The van der Waals surface area contributed by atoms with Crippen LogP contribution in [0.15, 0.2) is 54.6 Å². The van der Waals surface area contributed by atoms with Crippen molar-refractivity contribution < 1.29 is 33.0 Å². The van der Waals surface area contributed by atoms with E-state index >= 15 is 0 Å². The van der Waals surface area contributed by atoms with Crippen LogP contribution in [0.2, 0.25) is 0 Å². The molecule has 0 spiro atoms. The van der Waals surface area contributed by atoms with Crippen LogP contribution >= 0.6 is 7.75 Å². The number of carbonyl (C=O) groups is 1. The number of anilines is 1. The minimum absolute atomic E-state index is 0.0567. The number of hydrogen-bond donors (Lipinski definition) is 3. The molecular weight excluding hydrogens is 561 g/mol. The maximum absolute atomic E-state index is 14.1. The van der Waals surface area contributed by atoms with Crippen molar-refractivity contribution in [3.05, 3.63) is 60.4 Å². The lowest BCUT2D eigenvalue weighted by molar-refractivity contribution is -0.156. The Hall–Kier alpha value is -3.54. The number of benzene rings is 2. The normalized spacial score (nSPS) is 15.7. The Bertz CT molecular complexity index is 1600. The molecule has 2 heterocycles. The molecule has 42 heavy (non-hydrogen) atoms. The van der Waals surface area contributed by atoms with Crippen molar-refractivity contribution in [2.75, 3.05) is 18.9 Å². The predicted octanol–water partition coefficient (Wildman–Crippen LogP) is 4.89. The smallest absolute Gasteiger partial charge is 0.459 e. The van der Waals surface area contributed by atoms with Crippen molar-refractivity contribution in [3.63, 3.8) is 0 Å². The van der Waals surface area contributed by atoms with Gasteiger partial charge in [-0.2, -0.15) is 5.09 Å². The van der Waals surface area contributed by atoms with E-state index in [9.17, 15) is 14.5 Å². The molecule has 3 atom stereocenters. The van der Waals surface area contributed by atoms with Gasteiger partial charge < -0.3 is 24.8 Å². The summed E-state index contributed by atoms with van der Waals surface area (Å²) >= 11 is 0. The molecule has 13 heteroatoms. The third-order valence-corrected chi connectivity index (χ3v) is 7.72. The molecule has 0 aliphatic heterocycles. The van der Waals surface area contributed by atoms with Crippen LogP contribution in [0.5, 0.6) is 5.75 Å². The number of imidazole rings is 1. The summed E-state index contributed by atoms with van der Waals surface area (Å²) in [6, 6.07) is 14.6. The summed E-state index contributed by atoms with van der Waals surface area (Å²) in [5.74, 6) is 0.130. The summed E-state index contributed by atoms with van der Waals surface area (Å²) in [6.45, 7) is 9.93. The molecule has 0 radical (unpaired) electrons. The molecule has 0 aliphatic rings. The van der Waals surface area contributed by atoms with Crippen LogP contribution in [-0.4, -0.2) is 50.5 Å². The van der Waals surface area contributed by atoms with Gasteiger partial charge in [-0.15, -0.1) is 0 Å². The minimum atomic E-state index is -4.28. The number of pyridine rings is 1. The molecule has 12 nitrogen and oxygen atoms in total. The van der Waals surface area contributed by atoms with Gasteiger partial charge in [-0.05, 0) is 59.7 Å². The lowest BCUT2D eigenvalue weighted by Crippen LogP contribution is -2.41. The number of aromatic nitrogens is 3. The number of fused-ring (bicyclic) bond motifs is 3. The van der Waals surface area contributed by atoms with E-state index < -0.39 is 37.7 Å². The Kier molecular flexibility index (Phi) is 9.24. The van der Waals surface area contributed by atoms with Gasteiger partial charge >= 0.3 is 13.7 Å². The highest BCUT2D eigenvalue weighted by atomic mass is 31.2. The van der Waals surface area contributed by atoms with E-state index in [-0.39, 0.29) is 18.2 Å². The fourth-order valence-corrected chi connectivity index (χ4v) is 5.89. The van der Waals surface area contributed by atoms with E-state index in [0.717, 1.165) is 0 Å². The van der Waals surface area contributed by atoms with Crippen molar-refractivity contribution in [1.29, 1.82) is 0 Å². The van der Waals surface area contributed by atoms with Gasteiger partial charge in [0.15, 0.2) is 11.5 Å². The second-order valence-electron chi connectivity index (χ2n) is 11.0. The standard InChI is InChI=1S/C29H38N5O7P/c1-7-38-17-23-32-24-25(21-15-11-12-16-22(21)31-26(24)30)34(23)29(6,36)18-39-42(37,41-20-13-9-8-10-14-20)33-19(2)27(35)40-28(3,4)5/h8-16,19,36H,7,17-18H2,1-6H3,(H2,30,31)(H,33,37)/t19-,29-,42?/m0/s1. The molecule has 0 saturated heterocycles. The van der Waals surface area contributed by atoms with Gasteiger partial charge in [0.25, 0.3) is 0 Å². The van der Waals surface area contributed by atoms with Gasteiger partial charge in [-0.25, -0.2) is 14.5 Å². The average molecular weight is 600 g/mol. The summed E-state index contributed by atoms with van der Waals surface area (Å²) in [7, 11) is -4.28. The molecule has 0 bridgehead atoms. The Morgan fingerprint density at radius 1 is 1.10 bits per heavy atom. The first kappa shape index (κ1) is 31.4. The van der Waals surface area contributed by atoms with Gasteiger partial charge in [0.1, 0.15) is 41.9 Å². The zero-order valence-electron chi connectivity index (χ0n) is 24.7. The Morgan fingerprint density at radius 3 is 2.43 bits per heavy atom. The fraction of sp³-hybridized carbons (Fsp3) is 0.414. The van der Waals surface area contributed by atoms with E-state index in [2.05, 4.69) is 15.1 Å². The SMILES string of the molecule is CCOCc1nc2c(N)nc3ccccc3c2n1[C@@](C)(O)COP(=O)(N[C@@H](C)C(=O)OC(C)(C)C)Oc1ccccc1. The number of nitrogens with one attached hydrogen (secondary N) is 1. The van der Waals surface area contributed by atoms with Crippen LogP contribution in [0.4, 0.5) is 5.82 Å². The van der Waals surface area contributed by atoms with Gasteiger partial charge in [-0.3, -0.25) is 13.9 Å². The van der Waals surface area contributed by atoms with Crippen molar-refractivity contribution in [3.8, 4) is 5.75 Å². The van der Waals surface area contributed by atoms with Crippen LogP contribution in [0.3, 0.4) is 0 Å². The van der Waals surface area contributed by atoms with Crippen molar-refractivity contribution in [2.45, 2.75) is 65.5 Å². The number of nitrogen functional groups attached to an aromatic ring is 1. The Labute approximate surface area is 244 Å². The first-order valence-electron chi connectivity index (χ1n) is 13.6. The van der Waals surface area contributed by atoms with Gasteiger partial charge in [0.2, 0.25) is 0 Å². The first-order chi connectivity index (χ1) is 19.7. The highest BCUT2D eigenvalue weighted by molar-refractivity contribution is 7.52. The van der Waals surface area contributed by atoms with Crippen molar-refractivity contribution in [1.82, 2.24) is 19.6 Å². The first-order valence-corrected chi connectivity index (χ1v) is 15.1. The third-order valence-electron chi connectivity index (χ3n) is 6.10. The number of para-hydroxylation sites is 2. The maximum atomic E-state index is 14.1. The topological polar surface area (TPSA) is 160 Å². The fourth-order valence-electron chi connectivity index (χ4n) is 4.32. The summed E-state index contributed by atoms with van der Waals surface area (Å²) in [5, 5.41) is 15.3. The van der Waals surface area contributed by atoms with E-state index in [0.29, 0.717) is 34.4 Å². The summed E-state index contributed by atoms with van der Waals surface area (Å²) in [5.41, 5.74) is 5.16. The summed E-state index contributed by atoms with van der Waals surface area (Å²) in [6.07, 6.45) is 0. The predicted molar refractivity (Wildman–Crippen MR) is 160 cm³/mol. The number of esters is 1. The molecule has 0 aliphatic carbocycles. The van der Waals surface area contributed by atoms with E-state index in [4.69, 9.17) is 24.3 Å². The molecule has 1 unspecified atom stereocenters. The Balaban J connectivity index is 1.73. The third kappa shape index (κ3) is 7.26. The van der Waals surface area contributed by atoms with Gasteiger partial charge in [-0.1, -0.05) is 36.4 Å². The minimum Gasteiger partial charge on any atom is -0.459 e. The molecule has 0 saturated carbocycles. The molecule has 2 aromatic heterocycles. The molecule has 0 amide bonds. The highest BCUT2D eigenvalue weighted by Gasteiger charge is 2.38. The number of nitrogens with zero attached hydrogens (tertiary/aromatic N) is 3. The quantitative estimate of drug-likeness (QED) is 0.150. The number of hydrogen-bond acceptors (Lipinski definition) is 10. The number of ether oxygens (including phenoxy) is 2. The number of rotatable bonds is 12. The maximum Gasteiger partial charge on any atom is 0.459 e. The van der Waals surface area contributed by atoms with E-state index in [1.165, 1.54) is 13.8 Å². The van der Waals surface area contributed by atoms with Crippen molar-refractivity contribution >= 4 is 41.5 Å². The van der Waals surface area contributed by atoms with Crippen LogP contribution < -0.4 is 15.3 Å². The molecule has 4 aromatic rings. The van der Waals surface area contributed by atoms with Crippen LogP contribution in [0.1, 0.15) is 47.4 Å². The van der Waals surface area contributed by atoms with Gasteiger partial charge in [0, 0.05) is 12.0 Å². The molecular formula is C29H38N5O7P. The lowest BCUT2D eigenvalue weighted by atomic mass is 10.1. The van der Waals surface area contributed by atoms with Crippen LogP contribution in [0, 0.1) is 0 Å². The van der Waals surface area contributed by atoms with Crippen molar-refractivity contribution in [2.24, 2.45) is 0 Å². The molecule has 4 N–H and O–H groups in total. The molecule has 0 fully saturated rings. The van der Waals surface area contributed by atoms with Gasteiger partial charge in [0.05, 0.1) is 11.0 Å². The molecule has 4 rings (SSSR count). The van der Waals surface area contributed by atoms with E-state index in [1.54, 1.807) is 61.7 Å². The monoisotopic (exact) mass is 599 g/mol. The number of carbonyl (C=O) groups excluding carboxylic acids is 1. The lowest BCUT2D eigenvalue weighted by Gasteiger charge is -2.31. The van der Waals surface area contributed by atoms with E-state index in [1.807, 2.05) is 25.1 Å². The second-order valence-corrected chi connectivity index (χ2v) is 12.7. The Morgan fingerprint density at radius 2 is 1.76 bits per heavy atom. The zero-order valence-corrected chi connectivity index (χ0v) is 25.6. The summed E-state index contributed by atoms with van der Waals surface area (Å²) in [4.78, 5) is 21.8. The largest absolute Gasteiger partial charge is 0.459 e. The zero-order chi connectivity index (χ0) is 30.7. The second kappa shape index (κ2) is 12.4. The number of aliphatic hydroxyl groups is 1. The van der Waals surface area contributed by atoms with Crippen LogP contribution in [-0.2, 0) is 35.7 Å². The highest BCUT2D eigenvalue weighted by Crippen LogP contribution is 2.46. The molecule has 2 aromatic carbocycles. The summed E-state index contributed by atoms with van der Waals surface area (Å²) < 4.78 is 38.3. The average Bonchev–Trinajstić information content (AvgIpc) is 3.32. The molecule has 226 valence electrons.